The third kappa shape index (κ3) is 6.28. The highest BCUT2D eigenvalue weighted by atomic mass is 16.5. The molecule has 2 amide bonds. The van der Waals surface area contributed by atoms with Gasteiger partial charge in [0, 0.05) is 11.1 Å². The van der Waals surface area contributed by atoms with Crippen molar-refractivity contribution in [3.8, 4) is 34.0 Å². The number of esters is 1. The van der Waals surface area contributed by atoms with Gasteiger partial charge < -0.3 is 25.3 Å². The van der Waals surface area contributed by atoms with E-state index in [-0.39, 0.29) is 16.8 Å². The lowest BCUT2D eigenvalue weighted by atomic mass is 10.0. The Morgan fingerprint density at radius 3 is 1.86 bits per heavy atom. The number of rotatable bonds is 9. The predicted molar refractivity (Wildman–Crippen MR) is 162 cm³/mol. The van der Waals surface area contributed by atoms with Gasteiger partial charge in [0.2, 0.25) is 0 Å². The molecule has 1 atom stereocenters. The van der Waals surface area contributed by atoms with Gasteiger partial charge in [0.25, 0.3) is 11.8 Å². The summed E-state index contributed by atoms with van der Waals surface area (Å²) in [5, 5.41) is 2.58. The topological polar surface area (TPSA) is 143 Å². The van der Waals surface area contributed by atoms with Gasteiger partial charge in [-0.3, -0.25) is 9.59 Å². The van der Waals surface area contributed by atoms with E-state index in [2.05, 4.69) is 5.32 Å². The maximum atomic E-state index is 13.1. The number of methoxy groups -OCH3 is 2. The van der Waals surface area contributed by atoms with E-state index in [1.807, 2.05) is 48.5 Å². The van der Waals surface area contributed by atoms with Gasteiger partial charge in [-0.1, -0.05) is 12.1 Å². The van der Waals surface area contributed by atoms with Crippen molar-refractivity contribution in [2.45, 2.75) is 13.0 Å². The number of fused-ring (bicyclic) bond motifs is 1. The molecule has 0 saturated carbocycles. The highest BCUT2D eigenvalue weighted by Crippen LogP contribution is 2.33. The van der Waals surface area contributed by atoms with Gasteiger partial charge in [0.1, 0.15) is 11.5 Å². The molecule has 0 aliphatic heterocycles. The maximum Gasteiger partial charge on any atom is 0.338 e. The average Bonchev–Trinajstić information content (AvgIpc) is 3.04. The second kappa shape index (κ2) is 12.4. The monoisotopic (exact) mass is 576 g/mol. The fourth-order valence-corrected chi connectivity index (χ4v) is 4.41. The molecule has 1 unspecified atom stereocenters. The Labute approximate surface area is 247 Å². The number of carbonyl (C=O) groups excluding carboxylic acids is 3. The lowest BCUT2D eigenvalue weighted by Crippen LogP contribution is -2.31. The highest BCUT2D eigenvalue weighted by Gasteiger charge is 2.22. The Morgan fingerprint density at radius 2 is 1.30 bits per heavy atom. The predicted octanol–water partition coefficient (Wildman–Crippen LogP) is 5.26. The Morgan fingerprint density at radius 1 is 0.744 bits per heavy atom. The van der Waals surface area contributed by atoms with Crippen LogP contribution in [0.5, 0.6) is 11.5 Å². The standard InChI is InChI=1S/C33H28N4O6/c1-19(32(39)37-26-7-5-4-6-25(26)31(34)38)43-33(40)22-12-17-27-28(18-22)36-30(21-10-15-24(42-3)16-11-21)29(35-27)20-8-13-23(41-2)14-9-20/h4-19H,1-3H3,(H2,34,38)(H,37,39). The average molecular weight is 577 g/mol. The number of hydrogen-bond acceptors (Lipinski definition) is 8. The molecule has 0 fully saturated rings. The molecule has 0 bridgehead atoms. The Bertz CT molecular complexity index is 1820. The van der Waals surface area contributed by atoms with Crippen molar-refractivity contribution in [1.82, 2.24) is 9.97 Å². The lowest BCUT2D eigenvalue weighted by Gasteiger charge is -2.15. The first kappa shape index (κ1) is 28.7. The number of aromatic nitrogens is 2. The van der Waals surface area contributed by atoms with Crippen molar-refractivity contribution in [2.24, 2.45) is 5.73 Å². The molecule has 43 heavy (non-hydrogen) atoms. The zero-order valence-corrected chi connectivity index (χ0v) is 23.7. The van der Waals surface area contributed by atoms with Gasteiger partial charge >= 0.3 is 5.97 Å². The molecule has 10 heteroatoms. The number of anilines is 1. The van der Waals surface area contributed by atoms with Crippen LogP contribution in [-0.4, -0.2) is 48.1 Å². The molecule has 5 rings (SSSR count). The van der Waals surface area contributed by atoms with E-state index in [0.29, 0.717) is 33.9 Å². The van der Waals surface area contributed by atoms with Crippen LogP contribution in [-0.2, 0) is 9.53 Å². The van der Waals surface area contributed by atoms with Gasteiger partial charge in [-0.15, -0.1) is 0 Å². The number of ether oxygens (including phenoxy) is 3. The second-order valence-corrected chi connectivity index (χ2v) is 9.53. The summed E-state index contributed by atoms with van der Waals surface area (Å²) >= 11 is 0. The minimum atomic E-state index is -1.16. The number of benzene rings is 4. The van der Waals surface area contributed by atoms with Gasteiger partial charge in [0.15, 0.2) is 6.10 Å². The molecular weight excluding hydrogens is 548 g/mol. The van der Waals surface area contributed by atoms with Crippen LogP contribution in [0.2, 0.25) is 0 Å². The Kier molecular flexibility index (Phi) is 8.29. The summed E-state index contributed by atoms with van der Waals surface area (Å²) in [5.74, 6) is -0.619. The summed E-state index contributed by atoms with van der Waals surface area (Å²) < 4.78 is 16.0. The van der Waals surface area contributed by atoms with Crippen LogP contribution >= 0.6 is 0 Å². The highest BCUT2D eigenvalue weighted by molar-refractivity contribution is 6.04. The van der Waals surface area contributed by atoms with Crippen LogP contribution in [0.1, 0.15) is 27.6 Å². The SMILES string of the molecule is COc1ccc(-c2nc3ccc(C(=O)OC(C)C(=O)Nc4ccccc4C(N)=O)cc3nc2-c2ccc(OC)cc2)cc1. The summed E-state index contributed by atoms with van der Waals surface area (Å²) in [5.41, 5.74) is 9.86. The molecule has 5 aromatic rings. The van der Waals surface area contributed by atoms with Gasteiger partial charge in [-0.2, -0.15) is 0 Å². The molecule has 4 aromatic carbocycles. The molecule has 0 saturated heterocycles. The summed E-state index contributed by atoms with van der Waals surface area (Å²) in [6.45, 7) is 1.43. The van der Waals surface area contributed by atoms with Crippen molar-refractivity contribution in [3.63, 3.8) is 0 Å². The van der Waals surface area contributed by atoms with Crippen LogP contribution in [0.15, 0.2) is 91.0 Å². The van der Waals surface area contributed by atoms with Crippen molar-refractivity contribution >= 4 is 34.5 Å². The van der Waals surface area contributed by atoms with E-state index in [4.69, 9.17) is 29.9 Å². The first-order valence-corrected chi connectivity index (χ1v) is 13.3. The lowest BCUT2D eigenvalue weighted by molar-refractivity contribution is -0.123. The van der Waals surface area contributed by atoms with Crippen LogP contribution in [0, 0.1) is 0 Å². The Hall–Kier alpha value is -5.77. The molecule has 10 nitrogen and oxygen atoms in total. The molecule has 216 valence electrons. The van der Waals surface area contributed by atoms with Gasteiger partial charge in [0.05, 0.1) is 53.5 Å². The van der Waals surface area contributed by atoms with E-state index in [1.165, 1.54) is 19.1 Å². The number of nitrogens with one attached hydrogen (secondary N) is 1. The number of carbonyl (C=O) groups is 3. The zero-order valence-electron chi connectivity index (χ0n) is 23.7. The fourth-order valence-electron chi connectivity index (χ4n) is 4.41. The number of nitrogens with zero attached hydrogens (tertiary/aromatic N) is 2. The molecule has 0 spiro atoms. The van der Waals surface area contributed by atoms with Crippen LogP contribution < -0.4 is 20.5 Å². The van der Waals surface area contributed by atoms with E-state index in [9.17, 15) is 14.4 Å². The van der Waals surface area contributed by atoms with Crippen molar-refractivity contribution in [1.29, 1.82) is 0 Å². The summed E-state index contributed by atoms with van der Waals surface area (Å²) in [6.07, 6.45) is -1.16. The Balaban J connectivity index is 1.44. The molecule has 1 heterocycles. The van der Waals surface area contributed by atoms with E-state index < -0.39 is 23.9 Å². The number of amides is 2. The molecule has 0 radical (unpaired) electrons. The summed E-state index contributed by atoms with van der Waals surface area (Å²) in [4.78, 5) is 47.3. The van der Waals surface area contributed by atoms with Crippen molar-refractivity contribution in [2.75, 3.05) is 19.5 Å². The molecule has 0 aliphatic carbocycles. The first-order chi connectivity index (χ1) is 20.8. The van der Waals surface area contributed by atoms with Gasteiger partial charge in [-0.25, -0.2) is 14.8 Å². The normalized spacial score (nSPS) is 11.4. The number of hydrogen-bond donors (Lipinski definition) is 2. The second-order valence-electron chi connectivity index (χ2n) is 9.53. The third-order valence-electron chi connectivity index (χ3n) is 6.73. The van der Waals surface area contributed by atoms with Crippen LogP contribution in [0.25, 0.3) is 33.5 Å². The van der Waals surface area contributed by atoms with Crippen molar-refractivity contribution in [3.05, 3.63) is 102 Å². The largest absolute Gasteiger partial charge is 0.497 e. The molecule has 0 aliphatic rings. The maximum absolute atomic E-state index is 13.1. The molecule has 1 aromatic heterocycles. The smallest absolute Gasteiger partial charge is 0.338 e. The number of nitrogens with two attached hydrogens (primary N) is 1. The summed E-state index contributed by atoms with van der Waals surface area (Å²) in [7, 11) is 3.20. The molecule has 3 N–H and O–H groups in total. The van der Waals surface area contributed by atoms with E-state index in [1.54, 1.807) is 44.6 Å². The van der Waals surface area contributed by atoms with E-state index in [0.717, 1.165) is 11.1 Å². The minimum absolute atomic E-state index is 0.143. The number of primary amides is 1. The third-order valence-corrected chi connectivity index (χ3v) is 6.73. The van der Waals surface area contributed by atoms with Crippen molar-refractivity contribution < 1.29 is 28.6 Å². The van der Waals surface area contributed by atoms with Crippen LogP contribution in [0.3, 0.4) is 0 Å². The van der Waals surface area contributed by atoms with Crippen LogP contribution in [0.4, 0.5) is 5.69 Å². The van der Waals surface area contributed by atoms with Gasteiger partial charge in [-0.05, 0) is 85.8 Å². The fraction of sp³-hybridized carbons (Fsp3) is 0.121. The quantitative estimate of drug-likeness (QED) is 0.226. The minimum Gasteiger partial charge on any atom is -0.497 e. The zero-order chi connectivity index (χ0) is 30.5. The summed E-state index contributed by atoms with van der Waals surface area (Å²) in [6, 6.07) is 26.1. The first-order valence-electron chi connectivity index (χ1n) is 13.3. The van der Waals surface area contributed by atoms with E-state index >= 15 is 0 Å². The molecular formula is C33H28N4O6. The number of para-hydroxylation sites is 1.